The van der Waals surface area contributed by atoms with Crippen LogP contribution in [0.2, 0.25) is 0 Å². The second-order valence-electron chi connectivity index (χ2n) is 3.74. The first kappa shape index (κ1) is 12.4. The van der Waals surface area contributed by atoms with Crippen molar-refractivity contribution in [3.8, 4) is 0 Å². The number of halogens is 1. The molecule has 0 amide bonds. The van der Waals surface area contributed by atoms with E-state index in [-0.39, 0.29) is 12.4 Å². The topological polar surface area (TPSA) is 49.2 Å². The van der Waals surface area contributed by atoms with Crippen LogP contribution in [0.15, 0.2) is 36.7 Å². The summed E-state index contributed by atoms with van der Waals surface area (Å²) in [5.74, 6) is 0.401. The predicted molar refractivity (Wildman–Crippen MR) is 67.0 cm³/mol. The maximum atomic E-state index is 12.9. The lowest BCUT2D eigenvalue weighted by molar-refractivity contribution is 0.276. The normalized spacial score (nSPS) is 10.4. The second-order valence-corrected chi connectivity index (χ2v) is 3.74. The van der Waals surface area contributed by atoms with E-state index in [0.29, 0.717) is 18.1 Å². The summed E-state index contributed by atoms with van der Waals surface area (Å²) >= 11 is 0. The van der Waals surface area contributed by atoms with Gasteiger partial charge in [0.05, 0.1) is 24.7 Å². The molecule has 18 heavy (non-hydrogen) atoms. The quantitative estimate of drug-likeness (QED) is 0.900. The molecule has 5 heteroatoms. The molecule has 0 unspecified atom stereocenters. The maximum absolute atomic E-state index is 12.9. The molecule has 2 rings (SSSR count). The van der Waals surface area contributed by atoms with Crippen molar-refractivity contribution >= 4 is 11.5 Å². The zero-order valence-electron chi connectivity index (χ0n) is 10.0. The van der Waals surface area contributed by atoms with Gasteiger partial charge in [-0.1, -0.05) is 0 Å². The van der Waals surface area contributed by atoms with Gasteiger partial charge in [0.25, 0.3) is 0 Å². The molecule has 4 nitrogen and oxygen atoms in total. The van der Waals surface area contributed by atoms with Gasteiger partial charge in [0.1, 0.15) is 5.82 Å². The van der Waals surface area contributed by atoms with Crippen molar-refractivity contribution in [2.45, 2.75) is 13.5 Å². The van der Waals surface area contributed by atoms with Crippen molar-refractivity contribution in [1.82, 2.24) is 9.97 Å². The molecule has 0 aliphatic carbocycles. The Kier molecular flexibility index (Phi) is 3.84. The molecule has 0 saturated heterocycles. The van der Waals surface area contributed by atoms with Gasteiger partial charge in [-0.2, -0.15) is 0 Å². The molecule has 0 bridgehead atoms. The first-order valence-electron chi connectivity index (χ1n) is 5.69. The number of hydrogen-bond acceptors (Lipinski definition) is 4. The average molecular weight is 247 g/mol. The van der Waals surface area contributed by atoms with Crippen molar-refractivity contribution in [2.75, 3.05) is 11.4 Å². The minimum absolute atomic E-state index is 0.129. The number of nitrogens with zero attached hydrogens (tertiary/aromatic N) is 3. The Hall–Kier alpha value is -2.01. The number of anilines is 2. The Morgan fingerprint density at radius 1 is 1.17 bits per heavy atom. The van der Waals surface area contributed by atoms with E-state index in [0.717, 1.165) is 5.69 Å². The number of aliphatic hydroxyl groups is 1. The average Bonchev–Trinajstić information content (AvgIpc) is 2.42. The summed E-state index contributed by atoms with van der Waals surface area (Å²) < 4.78 is 12.9. The van der Waals surface area contributed by atoms with E-state index >= 15 is 0 Å². The molecule has 0 aliphatic heterocycles. The highest BCUT2D eigenvalue weighted by Crippen LogP contribution is 2.22. The minimum Gasteiger partial charge on any atom is -0.390 e. The van der Waals surface area contributed by atoms with Gasteiger partial charge < -0.3 is 10.0 Å². The van der Waals surface area contributed by atoms with Crippen LogP contribution < -0.4 is 4.90 Å². The van der Waals surface area contributed by atoms with Gasteiger partial charge in [-0.3, -0.25) is 4.98 Å². The van der Waals surface area contributed by atoms with Crippen molar-refractivity contribution in [1.29, 1.82) is 0 Å². The highest BCUT2D eigenvalue weighted by Gasteiger charge is 2.09. The summed E-state index contributed by atoms with van der Waals surface area (Å²) in [6.45, 7) is 2.54. The number of hydrogen-bond donors (Lipinski definition) is 1. The fourth-order valence-electron chi connectivity index (χ4n) is 1.67. The van der Waals surface area contributed by atoms with Crippen LogP contribution in [-0.2, 0) is 6.61 Å². The molecule has 0 saturated carbocycles. The molecule has 1 heterocycles. The molecule has 1 aromatic carbocycles. The molecule has 1 N–H and O–H groups in total. The summed E-state index contributed by atoms with van der Waals surface area (Å²) in [6.07, 6.45) is 3.12. The second kappa shape index (κ2) is 5.55. The van der Waals surface area contributed by atoms with Crippen LogP contribution in [0.3, 0.4) is 0 Å². The van der Waals surface area contributed by atoms with Crippen molar-refractivity contribution < 1.29 is 9.50 Å². The Bertz CT molecular complexity index is 499. The lowest BCUT2D eigenvalue weighted by atomic mass is 10.3. The van der Waals surface area contributed by atoms with Gasteiger partial charge in [-0.05, 0) is 31.2 Å². The third-order valence-electron chi connectivity index (χ3n) is 2.58. The van der Waals surface area contributed by atoms with Crippen LogP contribution in [0.5, 0.6) is 0 Å². The molecule has 0 atom stereocenters. The molecule has 2 aromatic rings. The fourth-order valence-corrected chi connectivity index (χ4v) is 1.67. The summed E-state index contributed by atoms with van der Waals surface area (Å²) in [7, 11) is 0. The molecule has 1 aromatic heterocycles. The number of benzene rings is 1. The lowest BCUT2D eigenvalue weighted by Gasteiger charge is -2.21. The number of rotatable bonds is 4. The number of aromatic nitrogens is 2. The number of aliphatic hydroxyl groups excluding tert-OH is 1. The van der Waals surface area contributed by atoms with Crippen LogP contribution in [0.1, 0.15) is 12.6 Å². The third-order valence-corrected chi connectivity index (χ3v) is 2.58. The first-order chi connectivity index (χ1) is 8.74. The highest BCUT2D eigenvalue weighted by atomic mass is 19.1. The smallest absolute Gasteiger partial charge is 0.151 e. The van der Waals surface area contributed by atoms with Crippen molar-refractivity contribution in [2.24, 2.45) is 0 Å². The van der Waals surface area contributed by atoms with Gasteiger partial charge in [0.15, 0.2) is 5.82 Å². The Labute approximate surface area is 105 Å². The summed E-state index contributed by atoms with van der Waals surface area (Å²) in [5.41, 5.74) is 1.37. The molecule has 94 valence electrons. The molecular formula is C13H14FN3O. The lowest BCUT2D eigenvalue weighted by Crippen LogP contribution is -2.17. The molecule has 0 fully saturated rings. The van der Waals surface area contributed by atoms with Gasteiger partial charge >= 0.3 is 0 Å². The van der Waals surface area contributed by atoms with Crippen LogP contribution in [0.4, 0.5) is 15.9 Å². The summed E-state index contributed by atoms with van der Waals surface area (Å²) in [6, 6.07) is 6.21. The van der Waals surface area contributed by atoms with Crippen LogP contribution in [0.25, 0.3) is 0 Å². The van der Waals surface area contributed by atoms with E-state index in [1.165, 1.54) is 18.3 Å². The van der Waals surface area contributed by atoms with Crippen LogP contribution in [-0.4, -0.2) is 21.6 Å². The van der Waals surface area contributed by atoms with Gasteiger partial charge in [-0.25, -0.2) is 9.37 Å². The molecule has 0 radical (unpaired) electrons. The van der Waals surface area contributed by atoms with E-state index in [2.05, 4.69) is 9.97 Å². The van der Waals surface area contributed by atoms with Crippen LogP contribution in [0, 0.1) is 5.82 Å². The summed E-state index contributed by atoms with van der Waals surface area (Å²) in [5, 5.41) is 8.91. The van der Waals surface area contributed by atoms with Gasteiger partial charge in [0, 0.05) is 12.2 Å². The highest BCUT2D eigenvalue weighted by molar-refractivity contribution is 5.58. The predicted octanol–water partition coefficient (Wildman–Crippen LogP) is 2.27. The Morgan fingerprint density at radius 2 is 1.89 bits per heavy atom. The standard InChI is InChI=1S/C13H14FN3O/c1-2-17(12-5-3-10(14)4-6-12)13-8-15-11(9-18)7-16-13/h3-8,18H,2,9H2,1H3. The van der Waals surface area contributed by atoms with Crippen molar-refractivity contribution in [3.05, 3.63) is 48.2 Å². The first-order valence-corrected chi connectivity index (χ1v) is 5.69. The summed E-state index contributed by atoms with van der Waals surface area (Å²) in [4.78, 5) is 10.2. The monoisotopic (exact) mass is 247 g/mol. The minimum atomic E-state index is -0.267. The molecule has 0 aliphatic rings. The zero-order valence-corrected chi connectivity index (χ0v) is 10.0. The van der Waals surface area contributed by atoms with E-state index in [9.17, 15) is 4.39 Å². The molecular weight excluding hydrogens is 233 g/mol. The largest absolute Gasteiger partial charge is 0.390 e. The zero-order chi connectivity index (χ0) is 13.0. The SMILES string of the molecule is CCN(c1ccc(F)cc1)c1cnc(CO)cn1. The van der Waals surface area contributed by atoms with E-state index < -0.39 is 0 Å². The Balaban J connectivity index is 2.29. The maximum Gasteiger partial charge on any atom is 0.151 e. The van der Waals surface area contributed by atoms with E-state index in [1.807, 2.05) is 11.8 Å². The van der Waals surface area contributed by atoms with Gasteiger partial charge in [-0.15, -0.1) is 0 Å². The fraction of sp³-hybridized carbons (Fsp3) is 0.231. The van der Waals surface area contributed by atoms with E-state index in [1.54, 1.807) is 18.3 Å². The Morgan fingerprint density at radius 3 is 2.39 bits per heavy atom. The van der Waals surface area contributed by atoms with Crippen molar-refractivity contribution in [3.63, 3.8) is 0 Å². The van der Waals surface area contributed by atoms with E-state index in [4.69, 9.17) is 5.11 Å². The van der Waals surface area contributed by atoms with Gasteiger partial charge in [0.2, 0.25) is 0 Å². The molecule has 0 spiro atoms. The third kappa shape index (κ3) is 2.62. The van der Waals surface area contributed by atoms with Crippen LogP contribution >= 0.6 is 0 Å².